The molecule has 5 aromatic rings. The van der Waals surface area contributed by atoms with Crippen molar-refractivity contribution in [2.75, 3.05) is 0 Å². The minimum Gasteiger partial charge on any atom is -0.268 e. The molecular weight excluding hydrogens is 457 g/mol. The molecule has 0 fully saturated rings. The monoisotopic (exact) mass is 465 g/mol. The molecule has 0 aliphatic rings. The van der Waals surface area contributed by atoms with Gasteiger partial charge >= 0.3 is 0 Å². The van der Waals surface area contributed by atoms with Crippen LogP contribution in [0.1, 0.15) is 5.56 Å². The van der Waals surface area contributed by atoms with Crippen molar-refractivity contribution < 1.29 is 22.0 Å². The zero-order chi connectivity index (χ0) is 22.2. The summed E-state index contributed by atoms with van der Waals surface area (Å²) in [5, 5.41) is -0.340. The lowest BCUT2D eigenvalue weighted by Crippen LogP contribution is -2.27. The van der Waals surface area contributed by atoms with Crippen molar-refractivity contribution in [1.29, 1.82) is 0 Å². The number of hydrogen-bond acceptors (Lipinski definition) is 4. The largest absolute Gasteiger partial charge is 0.268 e. The molecule has 0 aliphatic carbocycles. The van der Waals surface area contributed by atoms with Gasteiger partial charge in [-0.25, -0.2) is 26.5 Å². The first-order valence-corrected chi connectivity index (χ1v) is 10.4. The Kier molecular flexibility index (Phi) is 4.28. The van der Waals surface area contributed by atoms with Crippen molar-refractivity contribution >= 4 is 52.2 Å². The molecule has 0 atom stereocenters. The van der Waals surface area contributed by atoms with Gasteiger partial charge in [-0.3, -0.25) is 9.59 Å². The van der Waals surface area contributed by atoms with Crippen LogP contribution in [0.5, 0.6) is 0 Å². The number of halogens is 5. The van der Waals surface area contributed by atoms with Crippen LogP contribution in [0.25, 0.3) is 35.3 Å². The van der Waals surface area contributed by atoms with E-state index in [2.05, 4.69) is 0 Å². The molecule has 10 heteroatoms. The highest BCUT2D eigenvalue weighted by atomic mass is 32.1. The first-order chi connectivity index (χ1) is 14.7. The van der Waals surface area contributed by atoms with E-state index in [1.54, 1.807) is 0 Å². The molecule has 156 valence electrons. The van der Waals surface area contributed by atoms with Gasteiger partial charge in [0.2, 0.25) is 5.82 Å². The lowest BCUT2D eigenvalue weighted by Gasteiger charge is -2.07. The van der Waals surface area contributed by atoms with Crippen molar-refractivity contribution in [3.8, 4) is 5.69 Å². The van der Waals surface area contributed by atoms with Crippen molar-refractivity contribution in [2.45, 2.75) is 6.92 Å². The van der Waals surface area contributed by atoms with E-state index < -0.39 is 45.9 Å². The molecule has 31 heavy (non-hydrogen) atoms. The third kappa shape index (κ3) is 2.75. The highest BCUT2D eigenvalue weighted by Crippen LogP contribution is 2.35. The maximum absolute atomic E-state index is 14.3. The fraction of sp³-hybridized carbons (Fsp3) is 0.0476. The predicted octanol–water partition coefficient (Wildman–Crippen LogP) is 5.78. The average Bonchev–Trinajstić information content (AvgIpc) is 2.98. The molecule has 0 spiro atoms. The van der Waals surface area contributed by atoms with Gasteiger partial charge < -0.3 is 0 Å². The summed E-state index contributed by atoms with van der Waals surface area (Å²) >= 11 is 2.71. The molecule has 2 aromatic heterocycles. The Hall–Kier alpha value is -3.11. The summed E-state index contributed by atoms with van der Waals surface area (Å²) in [4.78, 5) is 25.6. The van der Waals surface area contributed by atoms with Gasteiger partial charge in [0.15, 0.2) is 23.3 Å². The first-order valence-electron chi connectivity index (χ1n) is 8.73. The molecule has 2 heterocycles. The molecule has 0 N–H and O–H groups in total. The second-order valence-corrected chi connectivity index (χ2v) is 9.03. The van der Waals surface area contributed by atoms with Gasteiger partial charge in [0, 0.05) is 18.8 Å². The number of benzene rings is 3. The summed E-state index contributed by atoms with van der Waals surface area (Å²) in [6.45, 7) is 1.92. The van der Waals surface area contributed by atoms with E-state index in [0.717, 1.165) is 15.0 Å². The van der Waals surface area contributed by atoms with Crippen LogP contribution in [0.3, 0.4) is 0 Å². The van der Waals surface area contributed by atoms with Crippen LogP contribution in [-0.4, -0.2) is 4.57 Å². The number of nitrogens with zero attached hydrogens (tertiary/aromatic N) is 1. The zero-order valence-corrected chi connectivity index (χ0v) is 17.0. The molecular formula is C21H8F5NO2S2. The van der Waals surface area contributed by atoms with E-state index in [4.69, 9.17) is 0 Å². The number of rotatable bonds is 1. The van der Waals surface area contributed by atoms with Crippen LogP contribution in [0.15, 0.2) is 39.9 Å². The quantitative estimate of drug-likeness (QED) is 0.136. The third-order valence-corrected chi connectivity index (χ3v) is 7.41. The zero-order valence-electron chi connectivity index (χ0n) is 15.4. The average molecular weight is 465 g/mol. The minimum atomic E-state index is -2.37. The summed E-state index contributed by atoms with van der Waals surface area (Å²) in [5.41, 5.74) is -2.88. The first kappa shape index (κ1) is 19.8. The fourth-order valence-electron chi connectivity index (χ4n) is 3.42. The summed E-state index contributed by atoms with van der Waals surface area (Å²) in [6, 6.07) is 8.59. The Morgan fingerprint density at radius 2 is 1.10 bits per heavy atom. The fourth-order valence-corrected chi connectivity index (χ4v) is 5.77. The van der Waals surface area contributed by atoms with Gasteiger partial charge in [-0.1, -0.05) is 6.07 Å². The van der Waals surface area contributed by atoms with Crippen LogP contribution < -0.4 is 11.1 Å². The van der Waals surface area contributed by atoms with Crippen molar-refractivity contribution in [1.82, 2.24) is 4.57 Å². The standard InChI is InChI=1S/C21H8F5NO2S2/c1-7-2-3-10-11(4-7)31-13-6-9-8(5-12(13)30-10)20(28)27(21(9)29)19-17(25)15(23)14(22)16(24)18(19)26/h2-6H,1H3. The van der Waals surface area contributed by atoms with Gasteiger partial charge in [0.1, 0.15) is 5.69 Å². The summed E-state index contributed by atoms with van der Waals surface area (Å²) in [5.74, 6) is -11.3. The van der Waals surface area contributed by atoms with Crippen molar-refractivity contribution in [3.05, 3.63) is 85.7 Å². The normalized spacial score (nSPS) is 11.8. The Balaban J connectivity index is 1.90. The van der Waals surface area contributed by atoms with E-state index in [9.17, 15) is 31.5 Å². The highest BCUT2D eigenvalue weighted by molar-refractivity contribution is 7.36. The molecule has 0 saturated carbocycles. The second-order valence-electron chi connectivity index (χ2n) is 6.86. The summed E-state index contributed by atoms with van der Waals surface area (Å²) in [7, 11) is 0. The number of aryl methyl sites for hydroxylation is 1. The number of aromatic nitrogens is 1. The van der Waals surface area contributed by atoms with E-state index in [1.165, 1.54) is 34.8 Å². The van der Waals surface area contributed by atoms with E-state index in [-0.39, 0.29) is 15.3 Å². The van der Waals surface area contributed by atoms with Gasteiger partial charge in [-0.2, -0.15) is 0 Å². The second kappa shape index (κ2) is 6.69. The molecule has 5 rings (SSSR count). The van der Waals surface area contributed by atoms with Crippen molar-refractivity contribution in [3.63, 3.8) is 0 Å². The van der Waals surface area contributed by atoms with E-state index in [1.807, 2.05) is 25.1 Å². The Morgan fingerprint density at radius 1 is 0.645 bits per heavy atom. The minimum absolute atomic E-state index is 0.000983. The molecule has 3 nitrogen and oxygen atoms in total. The van der Waals surface area contributed by atoms with Crippen LogP contribution in [-0.2, 0) is 0 Å². The predicted molar refractivity (Wildman–Crippen MR) is 111 cm³/mol. The van der Waals surface area contributed by atoms with Crippen LogP contribution in [0.4, 0.5) is 22.0 Å². The third-order valence-electron chi connectivity index (χ3n) is 4.90. The number of fused-ring (bicyclic) bond motifs is 3. The van der Waals surface area contributed by atoms with Gasteiger partial charge in [0.05, 0.1) is 10.8 Å². The lowest BCUT2D eigenvalue weighted by atomic mass is 10.2. The molecule has 0 unspecified atom stereocenters. The maximum Gasteiger partial charge on any atom is 0.266 e. The van der Waals surface area contributed by atoms with Gasteiger partial charge in [-0.15, -0.1) is 22.7 Å². The lowest BCUT2D eigenvalue weighted by molar-refractivity contribution is 0.375. The Bertz CT molecular complexity index is 1670. The topological polar surface area (TPSA) is 39.1 Å². The van der Waals surface area contributed by atoms with Crippen LogP contribution in [0.2, 0.25) is 0 Å². The molecule has 0 saturated heterocycles. The SMILES string of the molecule is Cc1ccc2sc3cc4c(=O)n(-c5c(F)c(F)c(F)c(F)c5F)c(=O)c4cc3sc2c1. The molecule has 3 aromatic carbocycles. The van der Waals surface area contributed by atoms with Gasteiger partial charge in [-0.05, 0) is 36.8 Å². The molecule has 0 amide bonds. The molecule has 0 bridgehead atoms. The van der Waals surface area contributed by atoms with E-state index in [0.29, 0.717) is 9.40 Å². The van der Waals surface area contributed by atoms with Crippen LogP contribution >= 0.6 is 22.7 Å². The molecule has 0 radical (unpaired) electrons. The maximum atomic E-state index is 14.3. The Labute approximate surface area is 177 Å². The Morgan fingerprint density at radius 3 is 1.65 bits per heavy atom. The molecule has 0 aliphatic heterocycles. The number of hydrogen-bond donors (Lipinski definition) is 0. The highest BCUT2D eigenvalue weighted by Gasteiger charge is 2.30. The van der Waals surface area contributed by atoms with Crippen LogP contribution in [0, 0.1) is 36.0 Å². The van der Waals surface area contributed by atoms with Crippen molar-refractivity contribution in [2.24, 2.45) is 0 Å². The summed E-state index contributed by atoms with van der Waals surface area (Å²) < 4.78 is 72.4. The smallest absolute Gasteiger partial charge is 0.266 e. The summed E-state index contributed by atoms with van der Waals surface area (Å²) in [6.07, 6.45) is 0. The van der Waals surface area contributed by atoms with E-state index >= 15 is 0 Å². The van der Waals surface area contributed by atoms with Gasteiger partial charge in [0.25, 0.3) is 11.1 Å².